The summed E-state index contributed by atoms with van der Waals surface area (Å²) in [6.45, 7) is 1.19. The molecule has 4 nitrogen and oxygen atoms in total. The second-order valence-corrected chi connectivity index (χ2v) is 7.11. The van der Waals surface area contributed by atoms with Gasteiger partial charge in [0.15, 0.2) is 0 Å². The summed E-state index contributed by atoms with van der Waals surface area (Å²) in [5, 5.41) is 6.50. The highest BCUT2D eigenvalue weighted by molar-refractivity contribution is 7.98. The lowest BCUT2D eigenvalue weighted by Crippen LogP contribution is -2.29. The SMILES string of the molecule is CSc1cccc(NC(=O)NCc2cccn2Cc2ccc(Cl)cc2)c1. The van der Waals surface area contributed by atoms with Crippen molar-refractivity contribution in [2.45, 2.75) is 18.0 Å². The largest absolute Gasteiger partial charge is 0.345 e. The first-order chi connectivity index (χ1) is 12.6. The van der Waals surface area contributed by atoms with Gasteiger partial charge in [0.2, 0.25) is 0 Å². The maximum absolute atomic E-state index is 12.2. The smallest absolute Gasteiger partial charge is 0.319 e. The van der Waals surface area contributed by atoms with Crippen LogP contribution < -0.4 is 10.6 Å². The fourth-order valence-corrected chi connectivity index (χ4v) is 3.18. The van der Waals surface area contributed by atoms with Crippen molar-refractivity contribution in [3.63, 3.8) is 0 Å². The van der Waals surface area contributed by atoms with Gasteiger partial charge in [-0.25, -0.2) is 4.79 Å². The fraction of sp³-hybridized carbons (Fsp3) is 0.150. The molecular formula is C20H20ClN3OS. The summed E-state index contributed by atoms with van der Waals surface area (Å²) < 4.78 is 2.11. The lowest BCUT2D eigenvalue weighted by Gasteiger charge is -2.12. The third-order valence-corrected chi connectivity index (χ3v) is 4.92. The van der Waals surface area contributed by atoms with Crippen LogP contribution in [0.5, 0.6) is 0 Å². The van der Waals surface area contributed by atoms with Crippen LogP contribution in [0.3, 0.4) is 0 Å². The van der Waals surface area contributed by atoms with Gasteiger partial charge in [0.25, 0.3) is 0 Å². The number of halogens is 1. The molecule has 1 aromatic heterocycles. The van der Waals surface area contributed by atoms with E-state index >= 15 is 0 Å². The quantitative estimate of drug-likeness (QED) is 0.570. The van der Waals surface area contributed by atoms with Crippen LogP contribution in [-0.4, -0.2) is 16.9 Å². The van der Waals surface area contributed by atoms with E-state index in [-0.39, 0.29) is 6.03 Å². The van der Waals surface area contributed by atoms with Gasteiger partial charge in [-0.3, -0.25) is 0 Å². The number of carbonyl (C=O) groups excluding carboxylic acids is 1. The van der Waals surface area contributed by atoms with E-state index < -0.39 is 0 Å². The molecule has 0 radical (unpaired) electrons. The van der Waals surface area contributed by atoms with E-state index in [4.69, 9.17) is 11.6 Å². The van der Waals surface area contributed by atoms with Gasteiger partial charge in [0, 0.05) is 34.0 Å². The van der Waals surface area contributed by atoms with Gasteiger partial charge in [0.05, 0.1) is 6.54 Å². The van der Waals surface area contributed by atoms with Crippen molar-refractivity contribution in [3.05, 3.63) is 83.1 Å². The average Bonchev–Trinajstić information content (AvgIpc) is 3.09. The number of rotatable bonds is 6. The number of aromatic nitrogens is 1. The third kappa shape index (κ3) is 5.07. The Labute approximate surface area is 162 Å². The Kier molecular flexibility index (Phi) is 6.26. The summed E-state index contributed by atoms with van der Waals surface area (Å²) in [7, 11) is 0. The van der Waals surface area contributed by atoms with Crippen LogP contribution in [0.1, 0.15) is 11.3 Å². The van der Waals surface area contributed by atoms with E-state index in [0.29, 0.717) is 6.54 Å². The number of urea groups is 1. The summed E-state index contributed by atoms with van der Waals surface area (Å²) in [5.41, 5.74) is 2.98. The molecule has 0 saturated heterocycles. The molecule has 0 atom stereocenters. The number of carbonyl (C=O) groups is 1. The minimum Gasteiger partial charge on any atom is -0.345 e. The van der Waals surface area contributed by atoms with Crippen molar-refractivity contribution >= 4 is 35.1 Å². The number of amides is 2. The van der Waals surface area contributed by atoms with Crippen LogP contribution in [0, 0.1) is 0 Å². The molecule has 0 aliphatic carbocycles. The van der Waals surface area contributed by atoms with Crippen molar-refractivity contribution in [3.8, 4) is 0 Å². The maximum atomic E-state index is 12.2. The monoisotopic (exact) mass is 385 g/mol. The Hall–Kier alpha value is -2.37. The molecule has 0 bridgehead atoms. The van der Waals surface area contributed by atoms with Crippen LogP contribution >= 0.6 is 23.4 Å². The van der Waals surface area contributed by atoms with Crippen LogP contribution in [-0.2, 0) is 13.1 Å². The number of nitrogens with zero attached hydrogens (tertiary/aromatic N) is 1. The molecule has 0 unspecified atom stereocenters. The molecule has 6 heteroatoms. The van der Waals surface area contributed by atoms with Crippen molar-refractivity contribution in [1.82, 2.24) is 9.88 Å². The van der Waals surface area contributed by atoms with Gasteiger partial charge < -0.3 is 15.2 Å². The van der Waals surface area contributed by atoms with Gasteiger partial charge >= 0.3 is 6.03 Å². The summed E-state index contributed by atoms with van der Waals surface area (Å²) in [5.74, 6) is 0. The Morgan fingerprint density at radius 3 is 2.69 bits per heavy atom. The third-order valence-electron chi connectivity index (χ3n) is 3.95. The van der Waals surface area contributed by atoms with E-state index in [0.717, 1.165) is 33.4 Å². The minimum atomic E-state index is -0.220. The zero-order valence-corrected chi connectivity index (χ0v) is 16.0. The molecule has 134 valence electrons. The Bertz CT molecular complexity index is 877. The maximum Gasteiger partial charge on any atom is 0.319 e. The second kappa shape index (κ2) is 8.83. The highest BCUT2D eigenvalue weighted by Crippen LogP contribution is 2.19. The number of thioether (sulfide) groups is 1. The number of anilines is 1. The molecule has 0 saturated carbocycles. The predicted molar refractivity (Wildman–Crippen MR) is 109 cm³/mol. The van der Waals surface area contributed by atoms with Gasteiger partial charge in [-0.05, 0) is 54.3 Å². The molecule has 2 aromatic carbocycles. The number of benzene rings is 2. The van der Waals surface area contributed by atoms with E-state index in [1.54, 1.807) is 11.8 Å². The molecule has 1 heterocycles. The van der Waals surface area contributed by atoms with E-state index in [1.165, 1.54) is 0 Å². The van der Waals surface area contributed by atoms with E-state index in [2.05, 4.69) is 15.2 Å². The molecule has 3 aromatic rings. The van der Waals surface area contributed by atoms with E-state index in [1.807, 2.05) is 73.1 Å². The molecule has 3 rings (SSSR count). The Morgan fingerprint density at radius 2 is 1.92 bits per heavy atom. The predicted octanol–water partition coefficient (Wildman–Crippen LogP) is 5.23. The van der Waals surface area contributed by atoms with Gasteiger partial charge in [-0.15, -0.1) is 11.8 Å². The minimum absolute atomic E-state index is 0.220. The Morgan fingerprint density at radius 1 is 1.12 bits per heavy atom. The Balaban J connectivity index is 1.57. The van der Waals surface area contributed by atoms with Crippen molar-refractivity contribution in [1.29, 1.82) is 0 Å². The number of nitrogens with one attached hydrogen (secondary N) is 2. The molecule has 2 N–H and O–H groups in total. The lowest BCUT2D eigenvalue weighted by molar-refractivity contribution is 0.251. The molecule has 2 amide bonds. The summed E-state index contributed by atoms with van der Waals surface area (Å²) in [6.07, 6.45) is 4.01. The van der Waals surface area contributed by atoms with Crippen LogP contribution in [0.25, 0.3) is 0 Å². The molecular weight excluding hydrogens is 366 g/mol. The molecule has 26 heavy (non-hydrogen) atoms. The lowest BCUT2D eigenvalue weighted by atomic mass is 10.2. The molecule has 0 aliphatic rings. The highest BCUT2D eigenvalue weighted by Gasteiger charge is 2.06. The average molecular weight is 386 g/mol. The molecule has 0 aliphatic heterocycles. The van der Waals surface area contributed by atoms with Crippen LogP contribution in [0.15, 0.2) is 71.8 Å². The summed E-state index contributed by atoms with van der Waals surface area (Å²) >= 11 is 7.57. The number of hydrogen-bond acceptors (Lipinski definition) is 2. The van der Waals surface area contributed by atoms with Gasteiger partial charge in [-0.2, -0.15) is 0 Å². The van der Waals surface area contributed by atoms with Crippen LogP contribution in [0.2, 0.25) is 5.02 Å². The normalized spacial score (nSPS) is 10.5. The fourth-order valence-electron chi connectivity index (χ4n) is 2.60. The standard InChI is InChI=1S/C20H20ClN3OS/c1-26-19-6-2-4-17(12-19)23-20(25)22-13-18-5-3-11-24(18)14-15-7-9-16(21)10-8-15/h2-12H,13-14H2,1H3,(H2,22,23,25). The number of hydrogen-bond donors (Lipinski definition) is 2. The zero-order chi connectivity index (χ0) is 18.4. The topological polar surface area (TPSA) is 46.1 Å². The van der Waals surface area contributed by atoms with Gasteiger partial charge in [-0.1, -0.05) is 29.8 Å². The van der Waals surface area contributed by atoms with E-state index in [9.17, 15) is 4.79 Å². The molecule has 0 fully saturated rings. The summed E-state index contributed by atoms with van der Waals surface area (Å²) in [4.78, 5) is 13.3. The van der Waals surface area contributed by atoms with Crippen LogP contribution in [0.4, 0.5) is 10.5 Å². The zero-order valence-electron chi connectivity index (χ0n) is 14.4. The van der Waals surface area contributed by atoms with Crippen molar-refractivity contribution in [2.24, 2.45) is 0 Å². The first-order valence-electron chi connectivity index (χ1n) is 8.21. The second-order valence-electron chi connectivity index (χ2n) is 5.79. The summed E-state index contributed by atoms with van der Waals surface area (Å²) in [6, 6.07) is 19.3. The highest BCUT2D eigenvalue weighted by atomic mass is 35.5. The van der Waals surface area contributed by atoms with Gasteiger partial charge in [0.1, 0.15) is 0 Å². The first kappa shape index (κ1) is 18.4. The van der Waals surface area contributed by atoms with Crippen molar-refractivity contribution in [2.75, 3.05) is 11.6 Å². The molecule has 0 spiro atoms. The first-order valence-corrected chi connectivity index (χ1v) is 9.81. The van der Waals surface area contributed by atoms with Crippen molar-refractivity contribution < 1.29 is 4.79 Å².